The van der Waals surface area contributed by atoms with E-state index in [0.717, 1.165) is 74.9 Å². The molecule has 4 bridgehead atoms. The van der Waals surface area contributed by atoms with Crippen molar-refractivity contribution in [2.24, 2.45) is 0 Å². The zero-order valence-corrected chi connectivity index (χ0v) is 25.2. The Bertz CT molecular complexity index is 1680. The molecule has 1 N–H and O–H groups in total. The van der Waals surface area contributed by atoms with Crippen LogP contribution in [0.3, 0.4) is 0 Å². The molecular formula is C35H39F2N5O2. The van der Waals surface area contributed by atoms with Crippen molar-refractivity contribution in [1.82, 2.24) is 20.2 Å². The number of hydrogen-bond donors (Lipinski definition) is 1. The first-order valence-corrected chi connectivity index (χ1v) is 16.3. The minimum atomic E-state index is -0.671. The van der Waals surface area contributed by atoms with Gasteiger partial charge in [-0.25, -0.2) is 8.78 Å². The molecular weight excluding hydrogens is 560 g/mol. The normalized spacial score (nSPS) is 24.9. The van der Waals surface area contributed by atoms with Crippen molar-refractivity contribution in [2.45, 2.75) is 69.6 Å². The standard InChI is InChI=1S/C35H39F2N5O2/c1-2-21-6-3-7-22-8-4-9-27(30(21)22)31-29(36)16-28-33(32(31)37)39-35(40-34(28)41-17-23-10-11-24(18-41)38-23)44-15-5-14-42-25-12-13-26(42)20-43-19-25/h3-4,6-9,16,23-26,38H,2,5,10-15,17-20H2,1H3. The van der Waals surface area contributed by atoms with Gasteiger partial charge in [0, 0.05) is 49.2 Å². The lowest BCUT2D eigenvalue weighted by Gasteiger charge is -2.34. The molecule has 4 aliphatic heterocycles. The van der Waals surface area contributed by atoms with Crippen molar-refractivity contribution >= 4 is 27.5 Å². The van der Waals surface area contributed by atoms with E-state index in [9.17, 15) is 0 Å². The smallest absolute Gasteiger partial charge is 0.319 e. The number of hydrogen-bond acceptors (Lipinski definition) is 7. The zero-order valence-electron chi connectivity index (χ0n) is 25.2. The van der Waals surface area contributed by atoms with Crippen LogP contribution in [0.1, 0.15) is 44.6 Å². The fraction of sp³-hybridized carbons (Fsp3) is 0.486. The summed E-state index contributed by atoms with van der Waals surface area (Å²) in [6, 6.07) is 14.9. The Morgan fingerprint density at radius 2 is 1.73 bits per heavy atom. The number of aromatic nitrogens is 2. The Labute approximate surface area is 256 Å². The second-order valence-electron chi connectivity index (χ2n) is 12.9. The van der Waals surface area contributed by atoms with Crippen LogP contribution in [-0.2, 0) is 11.2 Å². The summed E-state index contributed by atoms with van der Waals surface area (Å²) in [6.45, 7) is 6.47. The van der Waals surface area contributed by atoms with Crippen molar-refractivity contribution in [1.29, 1.82) is 0 Å². The molecule has 0 spiro atoms. The van der Waals surface area contributed by atoms with Crippen LogP contribution < -0.4 is 15.0 Å². The van der Waals surface area contributed by atoms with Gasteiger partial charge in [-0.3, -0.25) is 4.90 Å². The monoisotopic (exact) mass is 599 g/mol. The molecule has 8 rings (SSSR count). The lowest BCUT2D eigenvalue weighted by Crippen LogP contribution is -2.51. The highest BCUT2D eigenvalue weighted by atomic mass is 19.1. The minimum absolute atomic E-state index is 0.0530. The first-order valence-electron chi connectivity index (χ1n) is 16.3. The highest BCUT2D eigenvalue weighted by molar-refractivity contribution is 6.02. The number of anilines is 1. The Balaban J connectivity index is 1.18. The second kappa shape index (κ2) is 11.5. The van der Waals surface area contributed by atoms with Gasteiger partial charge in [-0.15, -0.1) is 0 Å². The minimum Gasteiger partial charge on any atom is -0.463 e. The zero-order chi connectivity index (χ0) is 29.8. The molecule has 44 heavy (non-hydrogen) atoms. The first kappa shape index (κ1) is 28.1. The number of morpholine rings is 1. The van der Waals surface area contributed by atoms with Gasteiger partial charge >= 0.3 is 6.01 Å². The van der Waals surface area contributed by atoms with Crippen LogP contribution >= 0.6 is 0 Å². The summed E-state index contributed by atoms with van der Waals surface area (Å²) in [5, 5.41) is 5.86. The molecule has 0 aliphatic carbocycles. The quantitative estimate of drug-likeness (QED) is 0.255. The number of rotatable bonds is 8. The molecule has 4 aromatic rings. The van der Waals surface area contributed by atoms with E-state index in [4.69, 9.17) is 14.5 Å². The molecule has 4 atom stereocenters. The maximum Gasteiger partial charge on any atom is 0.319 e. The van der Waals surface area contributed by atoms with Gasteiger partial charge in [-0.1, -0.05) is 43.3 Å². The number of ether oxygens (including phenoxy) is 2. The van der Waals surface area contributed by atoms with Crippen molar-refractivity contribution in [3.8, 4) is 17.1 Å². The Hall–Kier alpha value is -3.40. The maximum absolute atomic E-state index is 16.8. The predicted octanol–water partition coefficient (Wildman–Crippen LogP) is 5.86. The molecule has 230 valence electrons. The van der Waals surface area contributed by atoms with Gasteiger partial charge in [0.15, 0.2) is 5.82 Å². The van der Waals surface area contributed by atoms with E-state index in [2.05, 4.69) is 27.0 Å². The van der Waals surface area contributed by atoms with Crippen LogP contribution in [-0.4, -0.2) is 78.5 Å². The largest absolute Gasteiger partial charge is 0.463 e. The molecule has 0 saturated carbocycles. The van der Waals surface area contributed by atoms with E-state index in [1.165, 1.54) is 18.9 Å². The van der Waals surface area contributed by atoms with Gasteiger partial charge in [0.2, 0.25) is 0 Å². The number of nitrogens with zero attached hydrogens (tertiary/aromatic N) is 4. The molecule has 4 unspecified atom stereocenters. The SMILES string of the molecule is CCc1cccc2cccc(-c3c(F)cc4c(N5CC6CCC(C5)N6)nc(OCCCN5C6CCC5COC6)nc4c3F)c12. The van der Waals surface area contributed by atoms with Crippen LogP contribution in [0, 0.1) is 11.6 Å². The average Bonchev–Trinajstić information content (AvgIpc) is 3.48. The number of piperazine rings is 1. The molecule has 4 aliphatic rings. The number of benzene rings is 3. The Morgan fingerprint density at radius 1 is 0.977 bits per heavy atom. The Kier molecular flexibility index (Phi) is 7.35. The van der Waals surface area contributed by atoms with Gasteiger partial charge < -0.3 is 19.7 Å². The van der Waals surface area contributed by atoms with Gasteiger partial charge in [0.1, 0.15) is 17.2 Å². The summed E-state index contributed by atoms with van der Waals surface area (Å²) < 4.78 is 44.8. The van der Waals surface area contributed by atoms with E-state index < -0.39 is 11.6 Å². The predicted molar refractivity (Wildman–Crippen MR) is 168 cm³/mol. The molecule has 4 fully saturated rings. The van der Waals surface area contributed by atoms with E-state index in [1.807, 2.05) is 30.3 Å². The topological polar surface area (TPSA) is 62.8 Å². The second-order valence-corrected chi connectivity index (χ2v) is 12.9. The average molecular weight is 600 g/mol. The number of nitrogens with one attached hydrogen (secondary N) is 1. The van der Waals surface area contributed by atoms with E-state index in [-0.39, 0.29) is 17.1 Å². The highest BCUT2D eigenvalue weighted by Gasteiger charge is 2.37. The molecule has 0 amide bonds. The summed E-state index contributed by atoms with van der Waals surface area (Å²) in [5.41, 5.74) is 1.64. The summed E-state index contributed by atoms with van der Waals surface area (Å²) in [7, 11) is 0. The fourth-order valence-corrected chi connectivity index (χ4v) is 8.09. The van der Waals surface area contributed by atoms with Crippen LogP contribution in [0.4, 0.5) is 14.6 Å². The summed E-state index contributed by atoms with van der Waals surface area (Å²) in [4.78, 5) is 14.1. The third-order valence-corrected chi connectivity index (χ3v) is 10.2. The van der Waals surface area contributed by atoms with Crippen molar-refractivity contribution in [3.05, 3.63) is 59.7 Å². The molecule has 1 aromatic heterocycles. The van der Waals surface area contributed by atoms with Crippen molar-refractivity contribution < 1.29 is 18.3 Å². The van der Waals surface area contributed by atoms with Crippen LogP contribution in [0.5, 0.6) is 6.01 Å². The summed E-state index contributed by atoms with van der Waals surface area (Å²) in [6.07, 6.45) is 6.12. The third kappa shape index (κ3) is 4.89. The van der Waals surface area contributed by atoms with Gasteiger partial charge in [-0.2, -0.15) is 9.97 Å². The fourth-order valence-electron chi connectivity index (χ4n) is 8.09. The van der Waals surface area contributed by atoms with E-state index in [0.29, 0.717) is 47.5 Å². The third-order valence-electron chi connectivity index (χ3n) is 10.2. The lowest BCUT2D eigenvalue weighted by atomic mass is 9.92. The molecule has 0 radical (unpaired) electrons. The number of halogens is 2. The van der Waals surface area contributed by atoms with Gasteiger partial charge in [-0.05, 0) is 66.5 Å². The van der Waals surface area contributed by atoms with Gasteiger partial charge in [0.05, 0.1) is 25.4 Å². The van der Waals surface area contributed by atoms with E-state index in [1.54, 1.807) is 6.07 Å². The lowest BCUT2D eigenvalue weighted by molar-refractivity contribution is -0.0161. The first-order chi connectivity index (χ1) is 21.6. The molecule has 7 nitrogen and oxygen atoms in total. The molecule has 3 aromatic carbocycles. The van der Waals surface area contributed by atoms with Crippen LogP contribution in [0.2, 0.25) is 0 Å². The van der Waals surface area contributed by atoms with Crippen molar-refractivity contribution in [3.63, 3.8) is 0 Å². The van der Waals surface area contributed by atoms with Gasteiger partial charge in [0.25, 0.3) is 0 Å². The molecule has 5 heterocycles. The maximum atomic E-state index is 16.8. The molecule has 4 saturated heterocycles. The number of fused-ring (bicyclic) bond motifs is 6. The van der Waals surface area contributed by atoms with E-state index >= 15 is 8.78 Å². The van der Waals surface area contributed by atoms with Crippen LogP contribution in [0.15, 0.2) is 42.5 Å². The highest BCUT2D eigenvalue weighted by Crippen LogP contribution is 2.40. The van der Waals surface area contributed by atoms with Crippen LogP contribution in [0.25, 0.3) is 32.8 Å². The van der Waals surface area contributed by atoms with Crippen molar-refractivity contribution in [2.75, 3.05) is 44.4 Å². The summed E-state index contributed by atoms with van der Waals surface area (Å²) in [5.74, 6) is -0.730. The Morgan fingerprint density at radius 3 is 2.48 bits per heavy atom. The number of aryl methyl sites for hydroxylation is 1. The summed E-state index contributed by atoms with van der Waals surface area (Å²) >= 11 is 0. The molecule has 9 heteroatoms.